The SMILES string of the molecule is O=C(NC1CCN(C(=O)c2cc(O)c(O)c(O)c2)CC1)c1ccco1. The molecule has 1 aromatic carbocycles. The summed E-state index contributed by atoms with van der Waals surface area (Å²) in [5.74, 6) is -2.16. The molecule has 1 saturated heterocycles. The Bertz CT molecular complexity index is 755. The van der Waals surface area contributed by atoms with E-state index < -0.39 is 17.2 Å². The van der Waals surface area contributed by atoms with E-state index in [1.165, 1.54) is 6.26 Å². The first-order valence-electron chi connectivity index (χ1n) is 7.84. The van der Waals surface area contributed by atoms with Crippen molar-refractivity contribution >= 4 is 11.8 Å². The number of hydrogen-bond acceptors (Lipinski definition) is 6. The van der Waals surface area contributed by atoms with Gasteiger partial charge in [0.2, 0.25) is 0 Å². The Morgan fingerprint density at radius 1 is 1.12 bits per heavy atom. The summed E-state index contributed by atoms with van der Waals surface area (Å²) in [6.07, 6.45) is 2.58. The lowest BCUT2D eigenvalue weighted by Crippen LogP contribution is -2.46. The van der Waals surface area contributed by atoms with Crippen molar-refractivity contribution in [3.8, 4) is 17.2 Å². The number of piperidine rings is 1. The van der Waals surface area contributed by atoms with Gasteiger partial charge in [-0.1, -0.05) is 0 Å². The molecule has 0 aliphatic carbocycles. The molecule has 2 amide bonds. The van der Waals surface area contributed by atoms with Gasteiger partial charge >= 0.3 is 0 Å². The number of aromatic hydroxyl groups is 3. The molecule has 25 heavy (non-hydrogen) atoms. The minimum atomic E-state index is -0.657. The number of nitrogens with one attached hydrogen (secondary N) is 1. The highest BCUT2D eigenvalue weighted by molar-refractivity contribution is 5.95. The maximum Gasteiger partial charge on any atom is 0.287 e. The quantitative estimate of drug-likeness (QED) is 0.624. The number of benzene rings is 1. The Morgan fingerprint density at radius 2 is 1.76 bits per heavy atom. The molecule has 2 heterocycles. The third kappa shape index (κ3) is 3.52. The molecule has 3 rings (SSSR count). The van der Waals surface area contributed by atoms with Crippen LogP contribution in [-0.2, 0) is 0 Å². The van der Waals surface area contributed by atoms with E-state index in [1.54, 1.807) is 17.0 Å². The van der Waals surface area contributed by atoms with Gasteiger partial charge in [0.1, 0.15) is 0 Å². The molecule has 1 aliphatic rings. The first-order valence-corrected chi connectivity index (χ1v) is 7.84. The van der Waals surface area contributed by atoms with Gasteiger partial charge in [-0.05, 0) is 37.1 Å². The first-order chi connectivity index (χ1) is 12.0. The van der Waals surface area contributed by atoms with Crippen LogP contribution in [0.3, 0.4) is 0 Å². The molecule has 0 atom stereocenters. The minimum absolute atomic E-state index is 0.0664. The Morgan fingerprint density at radius 3 is 2.32 bits per heavy atom. The number of amides is 2. The highest BCUT2D eigenvalue weighted by Gasteiger charge is 2.26. The zero-order valence-electron chi connectivity index (χ0n) is 13.3. The van der Waals surface area contributed by atoms with Crippen LogP contribution in [0, 0.1) is 0 Å². The summed E-state index contributed by atoms with van der Waals surface area (Å²) >= 11 is 0. The zero-order chi connectivity index (χ0) is 18.0. The van der Waals surface area contributed by atoms with Gasteiger partial charge in [-0.2, -0.15) is 0 Å². The maximum atomic E-state index is 12.5. The van der Waals surface area contributed by atoms with Crippen LogP contribution in [0.5, 0.6) is 17.2 Å². The van der Waals surface area contributed by atoms with Crippen molar-refractivity contribution in [1.82, 2.24) is 10.2 Å². The van der Waals surface area contributed by atoms with Crippen LogP contribution in [0.15, 0.2) is 34.9 Å². The Hall–Kier alpha value is -3.16. The average Bonchev–Trinajstić information content (AvgIpc) is 3.14. The minimum Gasteiger partial charge on any atom is -0.504 e. The number of carbonyl (C=O) groups excluding carboxylic acids is 2. The molecule has 1 aromatic heterocycles. The lowest BCUT2D eigenvalue weighted by Gasteiger charge is -2.32. The lowest BCUT2D eigenvalue weighted by molar-refractivity contribution is 0.0694. The zero-order valence-corrected chi connectivity index (χ0v) is 13.3. The van der Waals surface area contributed by atoms with Crippen molar-refractivity contribution in [2.24, 2.45) is 0 Å². The molecular weight excluding hydrogens is 328 g/mol. The van der Waals surface area contributed by atoms with Gasteiger partial charge in [0.05, 0.1) is 6.26 Å². The van der Waals surface area contributed by atoms with Crippen molar-refractivity contribution in [3.63, 3.8) is 0 Å². The highest BCUT2D eigenvalue weighted by Crippen LogP contribution is 2.35. The number of carbonyl (C=O) groups is 2. The third-order valence-corrected chi connectivity index (χ3v) is 4.18. The Labute approximate surface area is 143 Å². The van der Waals surface area contributed by atoms with Crippen LogP contribution in [-0.4, -0.2) is 51.2 Å². The molecular formula is C17H18N2O6. The monoisotopic (exact) mass is 346 g/mol. The van der Waals surface area contributed by atoms with Crippen molar-refractivity contribution in [3.05, 3.63) is 41.9 Å². The summed E-state index contributed by atoms with van der Waals surface area (Å²) in [4.78, 5) is 26.0. The number of rotatable bonds is 3. The van der Waals surface area contributed by atoms with Gasteiger partial charge < -0.3 is 30.0 Å². The smallest absolute Gasteiger partial charge is 0.287 e. The van der Waals surface area contributed by atoms with Crippen LogP contribution in [0.1, 0.15) is 33.8 Å². The summed E-state index contributed by atoms with van der Waals surface area (Å²) < 4.78 is 5.04. The summed E-state index contributed by atoms with van der Waals surface area (Å²) in [5.41, 5.74) is 0.0888. The van der Waals surface area contributed by atoms with E-state index in [4.69, 9.17) is 4.42 Å². The van der Waals surface area contributed by atoms with E-state index >= 15 is 0 Å². The van der Waals surface area contributed by atoms with E-state index in [1.807, 2.05) is 0 Å². The van der Waals surface area contributed by atoms with E-state index in [-0.39, 0.29) is 29.2 Å². The summed E-state index contributed by atoms with van der Waals surface area (Å²) in [6.45, 7) is 0.842. The second-order valence-corrected chi connectivity index (χ2v) is 5.88. The molecule has 8 nitrogen and oxygen atoms in total. The van der Waals surface area contributed by atoms with Gasteiger partial charge in [0.15, 0.2) is 23.0 Å². The average molecular weight is 346 g/mol. The van der Waals surface area contributed by atoms with E-state index in [0.29, 0.717) is 25.9 Å². The fraction of sp³-hybridized carbons (Fsp3) is 0.294. The van der Waals surface area contributed by atoms with Gasteiger partial charge in [0.25, 0.3) is 11.8 Å². The molecule has 0 spiro atoms. The Kier molecular flexibility index (Phi) is 4.51. The molecule has 2 aromatic rings. The third-order valence-electron chi connectivity index (χ3n) is 4.18. The van der Waals surface area contributed by atoms with Gasteiger partial charge in [0, 0.05) is 24.7 Å². The molecule has 0 radical (unpaired) electrons. The molecule has 0 saturated carbocycles. The molecule has 8 heteroatoms. The second-order valence-electron chi connectivity index (χ2n) is 5.88. The van der Waals surface area contributed by atoms with Crippen LogP contribution < -0.4 is 5.32 Å². The predicted molar refractivity (Wildman–Crippen MR) is 86.5 cm³/mol. The van der Waals surface area contributed by atoms with Crippen molar-refractivity contribution in [2.45, 2.75) is 18.9 Å². The van der Waals surface area contributed by atoms with Crippen LogP contribution in [0.25, 0.3) is 0 Å². The lowest BCUT2D eigenvalue weighted by atomic mass is 10.0. The second kappa shape index (κ2) is 6.76. The van der Waals surface area contributed by atoms with Crippen molar-refractivity contribution in [1.29, 1.82) is 0 Å². The van der Waals surface area contributed by atoms with E-state index in [2.05, 4.69) is 5.32 Å². The standard InChI is InChI=1S/C17H18N2O6/c20-12-8-10(9-13(21)15(12)22)17(24)19-5-3-11(4-6-19)18-16(23)14-2-1-7-25-14/h1-2,7-9,11,20-22H,3-6H2,(H,18,23). The topological polar surface area (TPSA) is 123 Å². The fourth-order valence-corrected chi connectivity index (χ4v) is 2.80. The normalized spacial score (nSPS) is 15.1. The molecule has 0 bridgehead atoms. The van der Waals surface area contributed by atoms with E-state index in [0.717, 1.165) is 12.1 Å². The molecule has 0 unspecified atom stereocenters. The largest absolute Gasteiger partial charge is 0.504 e. The number of nitrogens with zero attached hydrogens (tertiary/aromatic N) is 1. The number of furan rings is 1. The van der Waals surface area contributed by atoms with Gasteiger partial charge in [-0.3, -0.25) is 9.59 Å². The number of likely N-dealkylation sites (tertiary alicyclic amines) is 1. The number of phenols is 3. The highest BCUT2D eigenvalue weighted by atomic mass is 16.3. The maximum absolute atomic E-state index is 12.5. The summed E-state index contributed by atoms with van der Waals surface area (Å²) in [6, 6.07) is 5.38. The molecule has 1 aliphatic heterocycles. The van der Waals surface area contributed by atoms with Gasteiger partial charge in [-0.25, -0.2) is 0 Å². The molecule has 4 N–H and O–H groups in total. The Balaban J connectivity index is 1.58. The summed E-state index contributed by atoms with van der Waals surface area (Å²) in [7, 11) is 0. The summed E-state index contributed by atoms with van der Waals surface area (Å²) in [5, 5.41) is 31.3. The number of hydrogen-bond donors (Lipinski definition) is 4. The fourth-order valence-electron chi connectivity index (χ4n) is 2.80. The van der Waals surface area contributed by atoms with Crippen molar-refractivity contribution in [2.75, 3.05) is 13.1 Å². The first kappa shape index (κ1) is 16.7. The van der Waals surface area contributed by atoms with Gasteiger partial charge in [-0.15, -0.1) is 0 Å². The van der Waals surface area contributed by atoms with E-state index in [9.17, 15) is 24.9 Å². The van der Waals surface area contributed by atoms with Crippen LogP contribution >= 0.6 is 0 Å². The van der Waals surface area contributed by atoms with Crippen molar-refractivity contribution < 1.29 is 29.3 Å². The van der Waals surface area contributed by atoms with Crippen LogP contribution in [0.4, 0.5) is 0 Å². The predicted octanol–water partition coefficient (Wildman–Crippen LogP) is 1.43. The molecule has 132 valence electrons. The molecule has 1 fully saturated rings. The van der Waals surface area contributed by atoms with Crippen LogP contribution in [0.2, 0.25) is 0 Å². The number of phenolic OH excluding ortho intramolecular Hbond substituents is 3.